The first-order valence-electron chi connectivity index (χ1n) is 14.1. The molecule has 0 spiro atoms. The molecule has 2 unspecified atom stereocenters. The predicted octanol–water partition coefficient (Wildman–Crippen LogP) is 4.36. The number of hydrogen-bond acceptors (Lipinski definition) is 6. The van der Waals surface area contributed by atoms with E-state index in [1.165, 1.54) is 9.80 Å². The molecule has 2 saturated heterocycles. The maximum Gasteiger partial charge on any atom is 0.334 e. The molecule has 0 aromatic heterocycles. The summed E-state index contributed by atoms with van der Waals surface area (Å²) in [4.78, 5) is 73.3. The third kappa shape index (κ3) is 3.36. The zero-order chi connectivity index (χ0) is 29.7. The standard InChI is InChI=1S/C33H34N2O6/c1-8-41-32(40)25-19(6)22-23-26(30(38)34(28(23)36)20-13-15(2)9-11-17(20)4)33(25,7)27-24(22)29(37)35(31(27)39)21-14-16(3)10-12-18(21)5/h9-14,22-24,26-27H,8H2,1-7H3/t22?,23-,24+,26-,27-,33?/m0/s1. The van der Waals surface area contributed by atoms with Crippen LogP contribution in [-0.4, -0.2) is 36.2 Å². The van der Waals surface area contributed by atoms with Crippen LogP contribution in [0.1, 0.15) is 43.0 Å². The number of allylic oxidation sites excluding steroid dienone is 1. The Hall–Kier alpha value is -4.07. The molecule has 41 heavy (non-hydrogen) atoms. The SMILES string of the molecule is CCOC(=O)C1=C(C)C2[C@H]3C(=O)N(c4cc(C)ccc4C)C(=O)[C@H]3C1(C)[C@@H]1C(=O)N(c3cc(C)ccc3C)C(=O)[C@@H]21. The number of carbonyl (C=O) groups excluding carboxylic acids is 5. The van der Waals surface area contributed by atoms with Gasteiger partial charge in [0.05, 0.1) is 41.7 Å². The molecule has 8 heteroatoms. The number of imide groups is 2. The number of hydrogen-bond donors (Lipinski definition) is 0. The average Bonchev–Trinajstić information content (AvgIpc) is 3.33. The summed E-state index contributed by atoms with van der Waals surface area (Å²) in [5.41, 5.74) is 3.68. The lowest BCUT2D eigenvalue weighted by Crippen LogP contribution is -2.61. The van der Waals surface area contributed by atoms with Gasteiger partial charge in [-0.05, 0) is 75.9 Å². The highest BCUT2D eigenvalue weighted by Gasteiger charge is 2.77. The van der Waals surface area contributed by atoms with E-state index in [1.54, 1.807) is 32.9 Å². The summed E-state index contributed by atoms with van der Waals surface area (Å²) in [5.74, 6) is -6.79. The fourth-order valence-corrected chi connectivity index (χ4v) is 8.20. The lowest BCUT2D eigenvalue weighted by molar-refractivity contribution is -0.155. The lowest BCUT2D eigenvalue weighted by Gasteiger charge is -2.55. The van der Waals surface area contributed by atoms with Gasteiger partial charge in [-0.2, -0.15) is 0 Å². The highest BCUT2D eigenvalue weighted by atomic mass is 16.5. The van der Waals surface area contributed by atoms with Crippen molar-refractivity contribution in [2.45, 2.75) is 48.5 Å². The number of amides is 4. The fraction of sp³-hybridized carbons (Fsp3) is 0.424. The van der Waals surface area contributed by atoms with Gasteiger partial charge in [0.1, 0.15) is 0 Å². The molecule has 0 radical (unpaired) electrons. The van der Waals surface area contributed by atoms with E-state index in [-0.39, 0.29) is 12.2 Å². The summed E-state index contributed by atoms with van der Waals surface area (Å²) >= 11 is 0. The van der Waals surface area contributed by atoms with Crippen LogP contribution in [0.15, 0.2) is 47.5 Å². The van der Waals surface area contributed by atoms with Crippen LogP contribution in [0.25, 0.3) is 0 Å². The van der Waals surface area contributed by atoms with Gasteiger partial charge in [0.15, 0.2) is 0 Å². The smallest absolute Gasteiger partial charge is 0.334 e. The number of carbonyl (C=O) groups is 5. The number of aryl methyl sites for hydroxylation is 4. The maximum absolute atomic E-state index is 14.4. The molecule has 5 aliphatic rings. The molecule has 3 aliphatic carbocycles. The second-order valence-corrected chi connectivity index (χ2v) is 12.2. The molecule has 2 aliphatic heterocycles. The Balaban J connectivity index is 1.57. The monoisotopic (exact) mass is 554 g/mol. The summed E-state index contributed by atoms with van der Waals surface area (Å²) in [6, 6.07) is 11.2. The Morgan fingerprint density at radius 2 is 1.17 bits per heavy atom. The Morgan fingerprint density at radius 3 is 1.59 bits per heavy atom. The third-order valence-corrected chi connectivity index (χ3v) is 9.89. The van der Waals surface area contributed by atoms with Gasteiger partial charge < -0.3 is 4.74 Å². The molecule has 2 heterocycles. The Bertz CT molecular complexity index is 1520. The summed E-state index contributed by atoms with van der Waals surface area (Å²) in [7, 11) is 0. The van der Waals surface area contributed by atoms with Crippen LogP contribution < -0.4 is 9.80 Å². The highest BCUT2D eigenvalue weighted by molar-refractivity contribution is 6.28. The van der Waals surface area contributed by atoms with E-state index >= 15 is 0 Å². The predicted molar refractivity (Wildman–Crippen MR) is 152 cm³/mol. The molecule has 3 fully saturated rings. The minimum Gasteiger partial charge on any atom is -0.463 e. The van der Waals surface area contributed by atoms with E-state index < -0.39 is 64.6 Å². The number of ether oxygens (including phenoxy) is 1. The van der Waals surface area contributed by atoms with Crippen LogP contribution >= 0.6 is 0 Å². The number of nitrogens with zero attached hydrogens (tertiary/aromatic N) is 2. The van der Waals surface area contributed by atoms with Crippen molar-refractivity contribution in [3.63, 3.8) is 0 Å². The third-order valence-electron chi connectivity index (χ3n) is 9.89. The minimum atomic E-state index is -1.42. The van der Waals surface area contributed by atoms with Crippen molar-refractivity contribution in [1.82, 2.24) is 0 Å². The van der Waals surface area contributed by atoms with Crippen LogP contribution in [0.2, 0.25) is 0 Å². The summed E-state index contributed by atoms with van der Waals surface area (Å²) in [5, 5.41) is 0. The first-order valence-corrected chi connectivity index (χ1v) is 14.1. The number of rotatable bonds is 4. The van der Waals surface area contributed by atoms with Crippen molar-refractivity contribution in [2.75, 3.05) is 16.4 Å². The molecule has 4 amide bonds. The first-order chi connectivity index (χ1) is 19.4. The van der Waals surface area contributed by atoms with Crippen molar-refractivity contribution in [3.05, 3.63) is 69.8 Å². The van der Waals surface area contributed by atoms with Crippen LogP contribution in [-0.2, 0) is 28.7 Å². The molecule has 212 valence electrons. The molecule has 8 nitrogen and oxygen atoms in total. The normalized spacial score (nSPS) is 30.4. The van der Waals surface area contributed by atoms with Gasteiger partial charge in [-0.1, -0.05) is 36.8 Å². The van der Waals surface area contributed by atoms with E-state index in [4.69, 9.17) is 4.74 Å². The number of anilines is 2. The van der Waals surface area contributed by atoms with Gasteiger partial charge in [-0.25, -0.2) is 14.6 Å². The van der Waals surface area contributed by atoms with Gasteiger partial charge in [0, 0.05) is 16.9 Å². The molecular weight excluding hydrogens is 520 g/mol. The maximum atomic E-state index is 14.4. The van der Waals surface area contributed by atoms with Crippen LogP contribution in [0.3, 0.4) is 0 Å². The topological polar surface area (TPSA) is 101 Å². The molecule has 6 atom stereocenters. The average molecular weight is 555 g/mol. The lowest BCUT2D eigenvalue weighted by atomic mass is 9.43. The van der Waals surface area contributed by atoms with Crippen LogP contribution in [0.5, 0.6) is 0 Å². The molecule has 7 rings (SSSR count). The van der Waals surface area contributed by atoms with Gasteiger partial charge >= 0.3 is 5.97 Å². The zero-order valence-electron chi connectivity index (χ0n) is 24.4. The van der Waals surface area contributed by atoms with Crippen LogP contribution in [0, 0.1) is 62.7 Å². The Kier molecular flexibility index (Phi) is 5.93. The van der Waals surface area contributed by atoms with Crippen molar-refractivity contribution in [2.24, 2.45) is 35.0 Å². The van der Waals surface area contributed by atoms with Gasteiger partial charge in [-0.3, -0.25) is 19.2 Å². The van der Waals surface area contributed by atoms with Crippen molar-refractivity contribution in [3.8, 4) is 0 Å². The second-order valence-electron chi connectivity index (χ2n) is 12.2. The van der Waals surface area contributed by atoms with E-state index in [9.17, 15) is 24.0 Å². The van der Waals surface area contributed by atoms with Gasteiger partial charge in [0.25, 0.3) is 0 Å². The second kappa shape index (κ2) is 8.96. The Labute approximate surface area is 239 Å². The number of benzene rings is 2. The fourth-order valence-electron chi connectivity index (χ4n) is 8.20. The van der Waals surface area contributed by atoms with Crippen LogP contribution in [0.4, 0.5) is 11.4 Å². The quantitative estimate of drug-likeness (QED) is 0.411. The zero-order valence-corrected chi connectivity index (χ0v) is 24.4. The summed E-state index contributed by atoms with van der Waals surface area (Å²) in [6.07, 6.45) is 0. The summed E-state index contributed by atoms with van der Waals surface area (Å²) < 4.78 is 5.47. The van der Waals surface area contributed by atoms with Crippen molar-refractivity contribution < 1.29 is 28.7 Å². The summed E-state index contributed by atoms with van der Waals surface area (Å²) in [6.45, 7) is 12.7. The van der Waals surface area contributed by atoms with Gasteiger partial charge in [-0.15, -0.1) is 0 Å². The number of esters is 1. The molecule has 1 saturated carbocycles. The molecule has 2 bridgehead atoms. The molecule has 2 aromatic rings. The Morgan fingerprint density at radius 1 is 0.732 bits per heavy atom. The van der Waals surface area contributed by atoms with E-state index in [2.05, 4.69) is 0 Å². The van der Waals surface area contributed by atoms with E-state index in [0.29, 0.717) is 16.9 Å². The first kappa shape index (κ1) is 27.1. The van der Waals surface area contributed by atoms with Crippen molar-refractivity contribution in [1.29, 1.82) is 0 Å². The van der Waals surface area contributed by atoms with Gasteiger partial charge in [0.2, 0.25) is 23.6 Å². The largest absolute Gasteiger partial charge is 0.463 e. The molecular formula is C33H34N2O6. The van der Waals surface area contributed by atoms with E-state index in [0.717, 1.165) is 22.3 Å². The molecule has 0 N–H and O–H groups in total. The minimum absolute atomic E-state index is 0.113. The van der Waals surface area contributed by atoms with E-state index in [1.807, 2.05) is 52.0 Å². The van der Waals surface area contributed by atoms with Crippen molar-refractivity contribution >= 4 is 41.0 Å². The molecule has 2 aromatic carbocycles. The highest BCUT2D eigenvalue weighted by Crippen LogP contribution is 2.69.